The number of nitrogens with one attached hydrogen (secondary N) is 1. The molecule has 2 aliphatic rings. The number of rotatable bonds is 5. The van der Waals surface area contributed by atoms with Gasteiger partial charge in [0.05, 0.1) is 24.7 Å². The van der Waals surface area contributed by atoms with Crippen LogP contribution in [0.15, 0.2) is 47.4 Å². The fraction of sp³-hybridized carbons (Fsp3) is 0.391. The number of carbonyl (C=O) groups is 2. The van der Waals surface area contributed by atoms with Gasteiger partial charge in [0.25, 0.3) is 5.91 Å². The van der Waals surface area contributed by atoms with E-state index in [0.717, 1.165) is 6.42 Å². The highest BCUT2D eigenvalue weighted by Crippen LogP contribution is 2.33. The summed E-state index contributed by atoms with van der Waals surface area (Å²) in [7, 11) is -3.75. The predicted molar refractivity (Wildman–Crippen MR) is 124 cm³/mol. The quantitative estimate of drug-likeness (QED) is 0.686. The van der Waals surface area contributed by atoms with Gasteiger partial charge in [-0.25, -0.2) is 13.2 Å². The van der Waals surface area contributed by atoms with Crippen molar-refractivity contribution in [2.75, 3.05) is 51.3 Å². The zero-order valence-corrected chi connectivity index (χ0v) is 19.7. The van der Waals surface area contributed by atoms with Crippen molar-refractivity contribution in [2.45, 2.75) is 18.2 Å². The molecule has 2 aromatic carbocycles. The van der Waals surface area contributed by atoms with E-state index in [-0.39, 0.29) is 43.6 Å². The summed E-state index contributed by atoms with van der Waals surface area (Å²) in [6, 6.07) is 11.2. The number of hydrogen-bond donors (Lipinski definition) is 1. The van der Waals surface area contributed by atoms with Gasteiger partial charge in [0, 0.05) is 49.9 Å². The number of carbonyl (C=O) groups excluding carboxylic acids is 2. The molecular formula is C23H27N3O7S. The summed E-state index contributed by atoms with van der Waals surface area (Å²) < 4.78 is 43.8. The van der Waals surface area contributed by atoms with E-state index in [1.54, 1.807) is 42.2 Å². The first-order valence-corrected chi connectivity index (χ1v) is 12.6. The number of ether oxygens (including phenoxy) is 3. The lowest BCUT2D eigenvalue weighted by atomic mass is 10.1. The maximum absolute atomic E-state index is 13.2. The molecule has 0 atom stereocenters. The summed E-state index contributed by atoms with van der Waals surface area (Å²) in [5.41, 5.74) is 0.841. The molecule has 34 heavy (non-hydrogen) atoms. The van der Waals surface area contributed by atoms with Crippen molar-refractivity contribution >= 4 is 27.7 Å². The molecule has 0 aliphatic carbocycles. The number of benzene rings is 2. The second kappa shape index (κ2) is 10.3. The molecule has 0 aromatic heterocycles. The van der Waals surface area contributed by atoms with Crippen LogP contribution in [0.3, 0.4) is 0 Å². The Hall–Kier alpha value is -3.31. The van der Waals surface area contributed by atoms with Gasteiger partial charge >= 0.3 is 6.09 Å². The van der Waals surface area contributed by atoms with Gasteiger partial charge in [-0.3, -0.25) is 10.1 Å². The molecule has 2 aromatic rings. The van der Waals surface area contributed by atoms with Gasteiger partial charge in [-0.1, -0.05) is 6.07 Å². The van der Waals surface area contributed by atoms with Crippen LogP contribution in [0.4, 0.5) is 10.5 Å². The Morgan fingerprint density at radius 3 is 2.47 bits per heavy atom. The summed E-state index contributed by atoms with van der Waals surface area (Å²) in [6.45, 7) is 3.77. The predicted octanol–water partition coefficient (Wildman–Crippen LogP) is 2.56. The molecule has 2 aliphatic heterocycles. The summed E-state index contributed by atoms with van der Waals surface area (Å²) >= 11 is 0. The van der Waals surface area contributed by atoms with E-state index in [4.69, 9.17) is 14.2 Å². The van der Waals surface area contributed by atoms with Crippen LogP contribution in [0, 0.1) is 0 Å². The smallest absolute Gasteiger partial charge is 0.411 e. The lowest BCUT2D eigenvalue weighted by Crippen LogP contribution is -2.50. The monoisotopic (exact) mass is 489 g/mol. The van der Waals surface area contributed by atoms with Gasteiger partial charge in [-0.05, 0) is 37.3 Å². The Labute approximate surface area is 198 Å². The van der Waals surface area contributed by atoms with Crippen molar-refractivity contribution in [3.63, 3.8) is 0 Å². The van der Waals surface area contributed by atoms with Gasteiger partial charge in [0.1, 0.15) is 0 Å². The van der Waals surface area contributed by atoms with Gasteiger partial charge in [-0.2, -0.15) is 4.31 Å². The van der Waals surface area contributed by atoms with Crippen molar-refractivity contribution in [3.05, 3.63) is 48.0 Å². The maximum atomic E-state index is 13.2. The first-order chi connectivity index (χ1) is 16.4. The highest BCUT2D eigenvalue weighted by molar-refractivity contribution is 7.89. The Bertz CT molecular complexity index is 1160. The largest absolute Gasteiger partial charge is 0.490 e. The molecule has 1 N–H and O–H groups in total. The van der Waals surface area contributed by atoms with Gasteiger partial charge in [0.2, 0.25) is 10.0 Å². The lowest BCUT2D eigenvalue weighted by Gasteiger charge is -2.34. The molecule has 182 valence electrons. The lowest BCUT2D eigenvalue weighted by molar-refractivity contribution is 0.0698. The van der Waals surface area contributed by atoms with E-state index in [0.29, 0.717) is 36.0 Å². The molecule has 0 saturated carbocycles. The van der Waals surface area contributed by atoms with Gasteiger partial charge in [-0.15, -0.1) is 0 Å². The number of amides is 2. The van der Waals surface area contributed by atoms with Crippen LogP contribution < -0.4 is 14.8 Å². The van der Waals surface area contributed by atoms with E-state index < -0.39 is 16.1 Å². The topological polar surface area (TPSA) is 114 Å². The molecule has 4 rings (SSSR count). The first kappa shape index (κ1) is 23.8. The zero-order valence-electron chi connectivity index (χ0n) is 18.9. The zero-order chi connectivity index (χ0) is 24.1. The normalized spacial score (nSPS) is 16.4. The Balaban J connectivity index is 1.40. The molecule has 2 heterocycles. The van der Waals surface area contributed by atoms with E-state index in [9.17, 15) is 18.0 Å². The highest BCUT2D eigenvalue weighted by Gasteiger charge is 2.31. The van der Waals surface area contributed by atoms with Crippen LogP contribution >= 0.6 is 0 Å². The van der Waals surface area contributed by atoms with Crippen LogP contribution in [0.25, 0.3) is 0 Å². The third-order valence-corrected chi connectivity index (χ3v) is 7.41. The van der Waals surface area contributed by atoms with E-state index in [1.807, 2.05) is 0 Å². The van der Waals surface area contributed by atoms with Gasteiger partial charge < -0.3 is 19.1 Å². The summed E-state index contributed by atoms with van der Waals surface area (Å²) in [6.07, 6.45) is 0.134. The van der Waals surface area contributed by atoms with Crippen LogP contribution in [-0.4, -0.2) is 75.6 Å². The average molecular weight is 490 g/mol. The number of anilines is 1. The maximum Gasteiger partial charge on any atom is 0.411 e. The van der Waals surface area contributed by atoms with Crippen molar-refractivity contribution in [2.24, 2.45) is 0 Å². The molecule has 11 heteroatoms. The number of fused-ring (bicyclic) bond motifs is 1. The summed E-state index contributed by atoms with van der Waals surface area (Å²) in [4.78, 5) is 26.3. The molecule has 0 bridgehead atoms. The molecule has 2 amide bonds. The fourth-order valence-corrected chi connectivity index (χ4v) is 5.22. The highest BCUT2D eigenvalue weighted by atomic mass is 32.2. The minimum absolute atomic E-state index is 0.134. The number of piperazine rings is 1. The van der Waals surface area contributed by atoms with Crippen molar-refractivity contribution < 1.29 is 32.2 Å². The van der Waals surface area contributed by atoms with Crippen LogP contribution in [0.5, 0.6) is 11.5 Å². The molecule has 0 spiro atoms. The van der Waals surface area contributed by atoms with Gasteiger partial charge in [0.15, 0.2) is 11.5 Å². The van der Waals surface area contributed by atoms with Crippen molar-refractivity contribution in [1.82, 2.24) is 9.21 Å². The Kier molecular flexibility index (Phi) is 7.23. The number of nitrogens with zero attached hydrogens (tertiary/aromatic N) is 2. The van der Waals surface area contributed by atoms with E-state index in [2.05, 4.69) is 5.32 Å². The average Bonchev–Trinajstić information content (AvgIpc) is 3.09. The minimum Gasteiger partial charge on any atom is -0.490 e. The Morgan fingerprint density at radius 1 is 1.00 bits per heavy atom. The van der Waals surface area contributed by atoms with Crippen LogP contribution in [-0.2, 0) is 14.8 Å². The molecular weight excluding hydrogens is 462 g/mol. The second-order valence-corrected chi connectivity index (χ2v) is 9.72. The standard InChI is InChI=1S/C23H27N3O7S/c1-2-31-23(28)24-18-6-3-5-17(15-18)22(27)25-9-11-26(12-10-25)34(29,30)19-7-8-20-21(16-19)33-14-4-13-32-20/h3,5-8,15-16H,2,4,9-14H2,1H3,(H,24,28). The first-order valence-electron chi connectivity index (χ1n) is 11.1. The van der Waals surface area contributed by atoms with Crippen molar-refractivity contribution in [3.8, 4) is 11.5 Å². The van der Waals surface area contributed by atoms with Crippen molar-refractivity contribution in [1.29, 1.82) is 0 Å². The Morgan fingerprint density at radius 2 is 1.74 bits per heavy atom. The van der Waals surface area contributed by atoms with Crippen LogP contribution in [0.1, 0.15) is 23.7 Å². The second-order valence-electron chi connectivity index (χ2n) is 7.78. The summed E-state index contributed by atoms with van der Waals surface area (Å²) in [5, 5.41) is 2.57. The third kappa shape index (κ3) is 5.26. The minimum atomic E-state index is -3.75. The molecule has 10 nitrogen and oxygen atoms in total. The molecule has 1 saturated heterocycles. The fourth-order valence-electron chi connectivity index (χ4n) is 3.78. The molecule has 0 unspecified atom stereocenters. The molecule has 0 radical (unpaired) electrons. The SMILES string of the molecule is CCOC(=O)Nc1cccc(C(=O)N2CCN(S(=O)(=O)c3ccc4c(c3)OCCCO4)CC2)c1. The molecule has 1 fully saturated rings. The van der Waals surface area contributed by atoms with E-state index >= 15 is 0 Å². The summed E-state index contributed by atoms with van der Waals surface area (Å²) in [5.74, 6) is 0.718. The van der Waals surface area contributed by atoms with E-state index in [1.165, 1.54) is 16.4 Å². The third-order valence-electron chi connectivity index (χ3n) is 5.51. The van der Waals surface area contributed by atoms with Crippen LogP contribution in [0.2, 0.25) is 0 Å². The number of hydrogen-bond acceptors (Lipinski definition) is 7. The number of sulfonamides is 1.